The van der Waals surface area contributed by atoms with E-state index in [0.29, 0.717) is 10.0 Å². The van der Waals surface area contributed by atoms with Gasteiger partial charge in [-0.1, -0.05) is 41.4 Å². The van der Waals surface area contributed by atoms with E-state index in [1.54, 1.807) is 12.1 Å². The minimum Gasteiger partial charge on any atom is -0.321 e. The number of rotatable bonds is 2. The van der Waals surface area contributed by atoms with Crippen molar-refractivity contribution in [2.75, 3.05) is 0 Å². The highest BCUT2D eigenvalue weighted by Crippen LogP contribution is 2.29. The maximum Gasteiger partial charge on any atom is 0.0643 e. The van der Waals surface area contributed by atoms with Gasteiger partial charge in [-0.05, 0) is 11.6 Å². The van der Waals surface area contributed by atoms with Crippen molar-refractivity contribution in [1.82, 2.24) is 0 Å². The normalized spacial score (nSPS) is 11.6. The Morgan fingerprint density at radius 1 is 1.38 bits per heavy atom. The Labute approximate surface area is 93.9 Å². The molecule has 1 aromatic rings. The Hall–Kier alpha value is -0.210. The Bertz CT molecular complexity index is 299. The van der Waals surface area contributed by atoms with Gasteiger partial charge >= 0.3 is 0 Å². The number of benzene rings is 1. The van der Waals surface area contributed by atoms with Gasteiger partial charge in [0.1, 0.15) is 0 Å². The molecule has 0 unspecified atom stereocenters. The fourth-order valence-electron chi connectivity index (χ4n) is 0.905. The summed E-state index contributed by atoms with van der Waals surface area (Å²) in [4.78, 5) is 0. The molecule has 0 saturated heterocycles. The highest BCUT2D eigenvalue weighted by Gasteiger charge is 2.08. The average molecular weight is 239 g/mol. The average Bonchev–Trinajstić information content (AvgIpc) is 2.08. The largest absolute Gasteiger partial charge is 0.321 e. The summed E-state index contributed by atoms with van der Waals surface area (Å²) in [7, 11) is 0. The molecule has 0 bridgehead atoms. The molecule has 0 aromatic heterocycles. The molecule has 0 fully saturated rings. The molecular formula is C9H10Cl3N. The molecule has 0 saturated carbocycles. The molecule has 0 radical (unpaired) electrons. The van der Waals surface area contributed by atoms with Gasteiger partial charge in [-0.2, -0.15) is 0 Å². The molecule has 0 heterocycles. The van der Waals surface area contributed by atoms with Crippen molar-refractivity contribution in [3.05, 3.63) is 46.5 Å². The maximum atomic E-state index is 5.91. The monoisotopic (exact) mass is 237 g/mol. The van der Waals surface area contributed by atoms with Crippen molar-refractivity contribution in [3.63, 3.8) is 0 Å². The van der Waals surface area contributed by atoms with Gasteiger partial charge < -0.3 is 5.73 Å². The van der Waals surface area contributed by atoms with Crippen molar-refractivity contribution in [2.45, 2.75) is 6.04 Å². The number of hydrogen-bond donors (Lipinski definition) is 1. The summed E-state index contributed by atoms with van der Waals surface area (Å²) in [6.07, 6.45) is 1.62. The topological polar surface area (TPSA) is 26.0 Å². The molecule has 1 rings (SSSR count). The first-order valence-electron chi connectivity index (χ1n) is 3.49. The molecular weight excluding hydrogens is 228 g/mol. The number of halogens is 3. The van der Waals surface area contributed by atoms with E-state index in [0.717, 1.165) is 5.56 Å². The minimum absolute atomic E-state index is 0. The fourth-order valence-corrected chi connectivity index (χ4v) is 1.34. The van der Waals surface area contributed by atoms with Crippen molar-refractivity contribution in [2.24, 2.45) is 5.73 Å². The SMILES string of the molecule is C=C[C@@H](N)c1cccc(Cl)c1Cl.Cl. The van der Waals surface area contributed by atoms with E-state index < -0.39 is 0 Å². The smallest absolute Gasteiger partial charge is 0.0643 e. The van der Waals surface area contributed by atoms with E-state index in [-0.39, 0.29) is 18.4 Å². The van der Waals surface area contributed by atoms with Crippen molar-refractivity contribution >= 4 is 35.6 Å². The van der Waals surface area contributed by atoms with Gasteiger partial charge in [0.25, 0.3) is 0 Å². The molecule has 1 atom stereocenters. The molecule has 13 heavy (non-hydrogen) atoms. The Kier molecular flexibility index (Phi) is 5.42. The molecule has 1 aromatic carbocycles. The standard InChI is InChI=1S/C9H9Cl2N.ClH/c1-2-8(12)6-4-3-5-7(10)9(6)11;/h2-5,8H,1,12H2;1H/t8-;/m1./s1. The lowest BCUT2D eigenvalue weighted by molar-refractivity contribution is 0.915. The lowest BCUT2D eigenvalue weighted by Gasteiger charge is -2.09. The molecule has 0 amide bonds. The summed E-state index contributed by atoms with van der Waals surface area (Å²) in [5.74, 6) is 0. The second-order valence-electron chi connectivity index (χ2n) is 2.40. The van der Waals surface area contributed by atoms with Crippen LogP contribution in [-0.2, 0) is 0 Å². The number of hydrogen-bond acceptors (Lipinski definition) is 1. The maximum absolute atomic E-state index is 5.91. The van der Waals surface area contributed by atoms with Gasteiger partial charge in [-0.15, -0.1) is 19.0 Å². The third-order valence-corrected chi connectivity index (χ3v) is 2.43. The van der Waals surface area contributed by atoms with Gasteiger partial charge in [-0.25, -0.2) is 0 Å². The summed E-state index contributed by atoms with van der Waals surface area (Å²) < 4.78 is 0. The summed E-state index contributed by atoms with van der Waals surface area (Å²) >= 11 is 11.7. The van der Waals surface area contributed by atoms with Gasteiger partial charge in [0.2, 0.25) is 0 Å². The van der Waals surface area contributed by atoms with Crippen LogP contribution in [-0.4, -0.2) is 0 Å². The van der Waals surface area contributed by atoms with Crippen LogP contribution in [0.25, 0.3) is 0 Å². The quantitative estimate of drug-likeness (QED) is 0.783. The summed E-state index contributed by atoms with van der Waals surface area (Å²) in [5.41, 5.74) is 6.51. The highest BCUT2D eigenvalue weighted by molar-refractivity contribution is 6.42. The van der Waals surface area contributed by atoms with Crippen LogP contribution in [0.15, 0.2) is 30.9 Å². The molecule has 0 aliphatic heterocycles. The van der Waals surface area contributed by atoms with Gasteiger partial charge in [-0.3, -0.25) is 0 Å². The van der Waals surface area contributed by atoms with Crippen LogP contribution < -0.4 is 5.73 Å². The zero-order valence-electron chi connectivity index (χ0n) is 6.84. The summed E-state index contributed by atoms with van der Waals surface area (Å²) in [6.45, 7) is 3.58. The van der Waals surface area contributed by atoms with Crippen molar-refractivity contribution < 1.29 is 0 Å². The van der Waals surface area contributed by atoms with E-state index in [4.69, 9.17) is 28.9 Å². The molecule has 72 valence electrons. The van der Waals surface area contributed by atoms with Crippen molar-refractivity contribution in [1.29, 1.82) is 0 Å². The van der Waals surface area contributed by atoms with Gasteiger partial charge in [0, 0.05) is 6.04 Å². The van der Waals surface area contributed by atoms with Gasteiger partial charge in [0.05, 0.1) is 10.0 Å². The molecule has 1 nitrogen and oxygen atoms in total. The fraction of sp³-hybridized carbons (Fsp3) is 0.111. The predicted octanol–water partition coefficient (Wildman–Crippen LogP) is 3.60. The zero-order chi connectivity index (χ0) is 9.14. The second-order valence-corrected chi connectivity index (χ2v) is 3.19. The Morgan fingerprint density at radius 3 is 2.54 bits per heavy atom. The van der Waals surface area contributed by atoms with Crippen LogP contribution in [0.1, 0.15) is 11.6 Å². The molecule has 0 aliphatic carbocycles. The lowest BCUT2D eigenvalue weighted by atomic mass is 10.1. The third-order valence-electron chi connectivity index (χ3n) is 1.59. The summed E-state index contributed by atoms with van der Waals surface area (Å²) in [6, 6.07) is 5.12. The van der Waals surface area contributed by atoms with Crippen molar-refractivity contribution in [3.8, 4) is 0 Å². The van der Waals surface area contributed by atoms with Crippen LogP contribution in [0, 0.1) is 0 Å². The predicted molar refractivity (Wildman–Crippen MR) is 60.8 cm³/mol. The molecule has 2 N–H and O–H groups in total. The van der Waals surface area contributed by atoms with E-state index in [2.05, 4.69) is 6.58 Å². The second kappa shape index (κ2) is 5.51. The molecule has 0 spiro atoms. The van der Waals surface area contributed by atoms with Crippen LogP contribution in [0.4, 0.5) is 0 Å². The third kappa shape index (κ3) is 2.89. The number of nitrogens with two attached hydrogens (primary N) is 1. The Balaban J connectivity index is 0.00000144. The summed E-state index contributed by atoms with van der Waals surface area (Å²) in [5, 5.41) is 1.03. The lowest BCUT2D eigenvalue weighted by Crippen LogP contribution is -2.06. The molecule has 0 aliphatic rings. The van der Waals surface area contributed by atoms with Crippen LogP contribution in [0.3, 0.4) is 0 Å². The van der Waals surface area contributed by atoms with E-state index in [1.165, 1.54) is 0 Å². The molecule has 4 heteroatoms. The van der Waals surface area contributed by atoms with Crippen LogP contribution in [0.5, 0.6) is 0 Å². The van der Waals surface area contributed by atoms with Gasteiger partial charge in [0.15, 0.2) is 0 Å². The van der Waals surface area contributed by atoms with E-state index in [9.17, 15) is 0 Å². The highest BCUT2D eigenvalue weighted by atomic mass is 35.5. The van der Waals surface area contributed by atoms with E-state index >= 15 is 0 Å². The first kappa shape index (κ1) is 12.8. The minimum atomic E-state index is -0.254. The first-order chi connectivity index (χ1) is 5.66. The Morgan fingerprint density at radius 2 is 2.00 bits per heavy atom. The van der Waals surface area contributed by atoms with E-state index in [1.807, 2.05) is 12.1 Å². The van der Waals surface area contributed by atoms with Crippen LogP contribution >= 0.6 is 35.6 Å². The van der Waals surface area contributed by atoms with Crippen LogP contribution in [0.2, 0.25) is 10.0 Å². The first-order valence-corrected chi connectivity index (χ1v) is 4.24. The zero-order valence-corrected chi connectivity index (χ0v) is 9.16.